The Labute approximate surface area is 168 Å². The first kappa shape index (κ1) is 19.9. The van der Waals surface area contributed by atoms with Crippen LogP contribution in [0.15, 0.2) is 59.5 Å². The van der Waals surface area contributed by atoms with E-state index >= 15 is 0 Å². The van der Waals surface area contributed by atoms with E-state index in [0.717, 1.165) is 16.1 Å². The van der Waals surface area contributed by atoms with Crippen LogP contribution in [-0.4, -0.2) is 41.1 Å². The predicted molar refractivity (Wildman–Crippen MR) is 108 cm³/mol. The van der Waals surface area contributed by atoms with Crippen LogP contribution in [0.3, 0.4) is 0 Å². The molecular weight excluding hydrogens is 376 g/mol. The third kappa shape index (κ3) is 4.92. The van der Waals surface area contributed by atoms with Crippen LogP contribution in [0.2, 0.25) is 0 Å². The molecule has 0 spiro atoms. The molecule has 28 heavy (non-hydrogen) atoms. The Bertz CT molecular complexity index is 872. The highest BCUT2D eigenvalue weighted by atomic mass is 32.2. The zero-order valence-electron chi connectivity index (χ0n) is 15.8. The van der Waals surface area contributed by atoms with E-state index < -0.39 is 17.3 Å². The first-order chi connectivity index (χ1) is 13.4. The topological polar surface area (TPSA) is 75.7 Å². The number of likely N-dealkylation sites (N-methyl/N-ethyl adjacent to an activating group) is 1. The Hall–Kier alpha value is -2.80. The summed E-state index contributed by atoms with van der Waals surface area (Å²) < 4.78 is 5.29. The van der Waals surface area contributed by atoms with E-state index in [1.54, 1.807) is 14.0 Å². The number of carbonyl (C=O) groups excluding carboxylic acids is 3. The van der Waals surface area contributed by atoms with Crippen LogP contribution in [0.1, 0.15) is 18.9 Å². The van der Waals surface area contributed by atoms with Gasteiger partial charge in [0.1, 0.15) is 0 Å². The van der Waals surface area contributed by atoms with E-state index in [2.05, 4.69) is 5.32 Å². The molecule has 6 nitrogen and oxygen atoms in total. The van der Waals surface area contributed by atoms with Crippen molar-refractivity contribution in [1.82, 2.24) is 4.90 Å². The molecule has 146 valence electrons. The van der Waals surface area contributed by atoms with Crippen LogP contribution in [0.5, 0.6) is 0 Å². The number of amides is 2. The molecule has 0 aliphatic carbocycles. The molecule has 0 aromatic heterocycles. The summed E-state index contributed by atoms with van der Waals surface area (Å²) in [5.74, 6) is -1.09. The van der Waals surface area contributed by atoms with Crippen molar-refractivity contribution in [3.63, 3.8) is 0 Å². The number of nitrogens with zero attached hydrogens (tertiary/aromatic N) is 1. The second-order valence-electron chi connectivity index (χ2n) is 6.61. The number of fused-ring (bicyclic) bond motifs is 1. The maximum Gasteiger partial charge on any atom is 0.308 e. The molecule has 0 saturated heterocycles. The fourth-order valence-electron chi connectivity index (χ4n) is 2.92. The fraction of sp³-hybridized carbons (Fsp3) is 0.286. The van der Waals surface area contributed by atoms with Gasteiger partial charge in [-0.25, -0.2) is 0 Å². The summed E-state index contributed by atoms with van der Waals surface area (Å²) in [4.78, 5) is 39.4. The summed E-state index contributed by atoms with van der Waals surface area (Å²) in [5.41, 5.74) is 1.74. The molecule has 2 aromatic rings. The zero-order valence-corrected chi connectivity index (χ0v) is 16.6. The van der Waals surface area contributed by atoms with E-state index in [0.29, 0.717) is 6.54 Å². The van der Waals surface area contributed by atoms with E-state index in [1.165, 1.54) is 16.7 Å². The average Bonchev–Trinajstić information content (AvgIpc) is 2.68. The lowest BCUT2D eigenvalue weighted by atomic mass is 10.2. The van der Waals surface area contributed by atoms with Gasteiger partial charge in [0.2, 0.25) is 5.91 Å². The summed E-state index contributed by atoms with van der Waals surface area (Å²) >= 11 is 1.33. The maximum absolute atomic E-state index is 12.5. The third-order valence-electron chi connectivity index (χ3n) is 4.35. The zero-order chi connectivity index (χ0) is 20.1. The van der Waals surface area contributed by atoms with Crippen LogP contribution in [0, 0.1) is 0 Å². The smallest absolute Gasteiger partial charge is 0.308 e. The molecule has 1 N–H and O–H groups in total. The molecule has 2 atom stereocenters. The molecule has 0 bridgehead atoms. The highest BCUT2D eigenvalue weighted by Crippen LogP contribution is 2.36. The largest absolute Gasteiger partial charge is 0.452 e. The van der Waals surface area contributed by atoms with Gasteiger partial charge in [-0.3, -0.25) is 14.4 Å². The van der Waals surface area contributed by atoms with Crippen LogP contribution in [0.25, 0.3) is 0 Å². The standard InChI is InChI=1S/C21H22N2O4S/c1-14(21(26)23(2)13-15-8-4-3-5-9-15)27-19(24)12-18-20(25)22-16-10-6-7-11-17(16)28-18/h3-11,14,18H,12-13H2,1-2H3,(H,22,25)/t14-,18+/m1/s1. The molecule has 0 saturated carbocycles. The van der Waals surface area contributed by atoms with Crippen LogP contribution in [-0.2, 0) is 25.7 Å². The number of nitrogens with one attached hydrogen (secondary N) is 1. The van der Waals surface area contributed by atoms with E-state index in [9.17, 15) is 14.4 Å². The van der Waals surface area contributed by atoms with Gasteiger partial charge in [-0.1, -0.05) is 42.5 Å². The third-order valence-corrected chi connectivity index (χ3v) is 5.63. The number of carbonyl (C=O) groups is 3. The first-order valence-electron chi connectivity index (χ1n) is 8.99. The molecule has 1 aliphatic heterocycles. The van der Waals surface area contributed by atoms with E-state index in [-0.39, 0.29) is 18.2 Å². The molecule has 2 aromatic carbocycles. The molecule has 3 rings (SSSR count). The second kappa shape index (κ2) is 8.93. The van der Waals surface area contributed by atoms with Crippen LogP contribution in [0.4, 0.5) is 5.69 Å². The number of esters is 1. The molecule has 1 aliphatic rings. The Morgan fingerprint density at radius 1 is 1.14 bits per heavy atom. The number of benzene rings is 2. The van der Waals surface area contributed by atoms with Gasteiger partial charge in [-0.05, 0) is 24.6 Å². The number of rotatable bonds is 6. The van der Waals surface area contributed by atoms with Gasteiger partial charge < -0.3 is 15.0 Å². The molecule has 1 heterocycles. The molecular formula is C21H22N2O4S. The van der Waals surface area contributed by atoms with Gasteiger partial charge in [0.25, 0.3) is 5.91 Å². The van der Waals surface area contributed by atoms with Crippen molar-refractivity contribution in [1.29, 1.82) is 0 Å². The molecule has 0 fully saturated rings. The van der Waals surface area contributed by atoms with E-state index in [4.69, 9.17) is 4.74 Å². The Morgan fingerprint density at radius 3 is 2.57 bits per heavy atom. The molecule has 7 heteroatoms. The minimum absolute atomic E-state index is 0.0924. The minimum atomic E-state index is -0.912. The normalized spacial score (nSPS) is 16.5. The Balaban J connectivity index is 1.52. The molecule has 2 amide bonds. The van der Waals surface area contributed by atoms with Crippen LogP contribution < -0.4 is 5.32 Å². The second-order valence-corrected chi connectivity index (χ2v) is 7.85. The quantitative estimate of drug-likeness (QED) is 0.757. The van der Waals surface area contributed by atoms with Gasteiger partial charge in [0.05, 0.1) is 17.4 Å². The highest BCUT2D eigenvalue weighted by Gasteiger charge is 2.31. The van der Waals surface area contributed by atoms with Crippen molar-refractivity contribution in [2.24, 2.45) is 0 Å². The van der Waals surface area contributed by atoms with Crippen molar-refractivity contribution >= 4 is 35.2 Å². The summed E-state index contributed by atoms with van der Waals surface area (Å²) in [6.07, 6.45) is -1.00. The van der Waals surface area contributed by atoms with Crippen molar-refractivity contribution in [3.8, 4) is 0 Å². The highest BCUT2D eigenvalue weighted by molar-refractivity contribution is 8.01. The summed E-state index contributed by atoms with van der Waals surface area (Å²) in [6.45, 7) is 1.98. The molecule has 0 unspecified atom stereocenters. The lowest BCUT2D eigenvalue weighted by Gasteiger charge is -2.25. The Morgan fingerprint density at radius 2 is 1.82 bits per heavy atom. The number of hydrogen-bond donors (Lipinski definition) is 1. The average molecular weight is 398 g/mol. The Kier molecular flexibility index (Phi) is 6.36. The van der Waals surface area contributed by atoms with Gasteiger partial charge in [0, 0.05) is 18.5 Å². The monoisotopic (exact) mass is 398 g/mol. The minimum Gasteiger partial charge on any atom is -0.452 e. The van der Waals surface area contributed by atoms with Crippen molar-refractivity contribution in [2.45, 2.75) is 36.1 Å². The number of hydrogen-bond acceptors (Lipinski definition) is 5. The lowest BCUT2D eigenvalue weighted by molar-refractivity contribution is -0.159. The lowest BCUT2D eigenvalue weighted by Crippen LogP contribution is -2.38. The number of ether oxygens (including phenoxy) is 1. The number of thioether (sulfide) groups is 1. The SMILES string of the molecule is C[C@@H](OC(=O)C[C@@H]1Sc2ccccc2NC1=O)C(=O)N(C)Cc1ccccc1. The van der Waals surface area contributed by atoms with Gasteiger partial charge in [-0.15, -0.1) is 11.8 Å². The van der Waals surface area contributed by atoms with Crippen molar-refractivity contribution < 1.29 is 19.1 Å². The number of para-hydroxylation sites is 1. The van der Waals surface area contributed by atoms with Crippen molar-refractivity contribution in [2.75, 3.05) is 12.4 Å². The predicted octanol–water partition coefficient (Wildman–Crippen LogP) is 3.08. The summed E-state index contributed by atoms with van der Waals surface area (Å²) in [5, 5.41) is 2.22. The van der Waals surface area contributed by atoms with Gasteiger partial charge in [0.15, 0.2) is 6.10 Å². The first-order valence-corrected chi connectivity index (χ1v) is 9.87. The van der Waals surface area contributed by atoms with Gasteiger partial charge in [-0.2, -0.15) is 0 Å². The molecule has 0 radical (unpaired) electrons. The maximum atomic E-state index is 12.5. The van der Waals surface area contributed by atoms with Gasteiger partial charge >= 0.3 is 5.97 Å². The van der Waals surface area contributed by atoms with Crippen LogP contribution >= 0.6 is 11.8 Å². The summed E-state index contributed by atoms with van der Waals surface area (Å²) in [7, 11) is 1.67. The fourth-order valence-corrected chi connectivity index (χ4v) is 4.01. The van der Waals surface area contributed by atoms with Crippen molar-refractivity contribution in [3.05, 3.63) is 60.2 Å². The van der Waals surface area contributed by atoms with E-state index in [1.807, 2.05) is 54.6 Å². The summed E-state index contributed by atoms with van der Waals surface area (Å²) in [6, 6.07) is 17.0. The number of anilines is 1.